The molecule has 2 rings (SSSR count). The summed E-state index contributed by atoms with van der Waals surface area (Å²) in [7, 11) is 0. The Labute approximate surface area is 111 Å². The van der Waals surface area contributed by atoms with Gasteiger partial charge in [0.1, 0.15) is 11.8 Å². The summed E-state index contributed by atoms with van der Waals surface area (Å²) < 4.78 is 0. The predicted octanol–water partition coefficient (Wildman–Crippen LogP) is 0.190. The van der Waals surface area contributed by atoms with Gasteiger partial charge in [0.2, 0.25) is 11.8 Å². The Bertz CT molecular complexity index is 574. The maximum Gasteiger partial charge on any atom is 0.246 e. The molecular weight excluding hydrogens is 244 g/mol. The number of pyridine rings is 1. The van der Waals surface area contributed by atoms with E-state index in [9.17, 15) is 9.59 Å². The van der Waals surface area contributed by atoms with Crippen molar-refractivity contribution in [2.24, 2.45) is 0 Å². The summed E-state index contributed by atoms with van der Waals surface area (Å²) in [6, 6.07) is 5.52. The topological polar surface area (TPSA) is 86.1 Å². The minimum Gasteiger partial charge on any atom is -0.294 e. The smallest absolute Gasteiger partial charge is 0.246 e. The lowest BCUT2D eigenvalue weighted by Crippen LogP contribution is -2.63. The van der Waals surface area contributed by atoms with Gasteiger partial charge in [0, 0.05) is 18.3 Å². The number of rotatable bonds is 2. The van der Waals surface area contributed by atoms with Gasteiger partial charge >= 0.3 is 0 Å². The SMILES string of the molecule is CC1(C)C(=O)NC(=O)CN1Cc1cccnc1C#N. The van der Waals surface area contributed by atoms with Crippen molar-refractivity contribution in [2.45, 2.75) is 25.9 Å². The van der Waals surface area contributed by atoms with Crippen molar-refractivity contribution in [1.29, 1.82) is 5.26 Å². The highest BCUT2D eigenvalue weighted by Crippen LogP contribution is 2.21. The van der Waals surface area contributed by atoms with Crippen LogP contribution in [0.2, 0.25) is 0 Å². The third-order valence-electron chi connectivity index (χ3n) is 3.29. The molecule has 6 nitrogen and oxygen atoms in total. The van der Waals surface area contributed by atoms with Crippen molar-refractivity contribution < 1.29 is 9.59 Å². The van der Waals surface area contributed by atoms with E-state index < -0.39 is 5.54 Å². The number of imide groups is 1. The van der Waals surface area contributed by atoms with Crippen molar-refractivity contribution in [3.63, 3.8) is 0 Å². The number of hydrogen-bond acceptors (Lipinski definition) is 5. The van der Waals surface area contributed by atoms with Gasteiger partial charge in [-0.25, -0.2) is 4.98 Å². The first-order valence-corrected chi connectivity index (χ1v) is 5.88. The lowest BCUT2D eigenvalue weighted by atomic mass is 9.97. The highest BCUT2D eigenvalue weighted by molar-refractivity contribution is 6.02. The Kier molecular flexibility index (Phi) is 3.32. The van der Waals surface area contributed by atoms with Crippen molar-refractivity contribution >= 4 is 11.8 Å². The number of aromatic nitrogens is 1. The summed E-state index contributed by atoms with van der Waals surface area (Å²) >= 11 is 0. The van der Waals surface area contributed by atoms with Crippen molar-refractivity contribution in [1.82, 2.24) is 15.2 Å². The second-order valence-corrected chi connectivity index (χ2v) is 4.92. The van der Waals surface area contributed by atoms with Crippen LogP contribution >= 0.6 is 0 Å². The Morgan fingerprint density at radius 2 is 2.26 bits per heavy atom. The Hall–Kier alpha value is -2.26. The third-order valence-corrected chi connectivity index (χ3v) is 3.29. The van der Waals surface area contributed by atoms with Crippen LogP contribution in [0.3, 0.4) is 0 Å². The number of carbonyl (C=O) groups is 2. The van der Waals surface area contributed by atoms with Crippen LogP contribution in [0.4, 0.5) is 0 Å². The highest BCUT2D eigenvalue weighted by atomic mass is 16.2. The van der Waals surface area contributed by atoms with Crippen LogP contribution in [0.25, 0.3) is 0 Å². The van der Waals surface area contributed by atoms with E-state index in [2.05, 4.69) is 10.3 Å². The molecular formula is C13H14N4O2. The fraction of sp³-hybridized carbons (Fsp3) is 0.385. The van der Waals surface area contributed by atoms with Gasteiger partial charge < -0.3 is 0 Å². The van der Waals surface area contributed by atoms with Crippen LogP contribution in [-0.4, -0.2) is 33.8 Å². The van der Waals surface area contributed by atoms with E-state index in [1.54, 1.807) is 37.1 Å². The molecule has 1 N–H and O–H groups in total. The number of nitrogens with one attached hydrogen (secondary N) is 1. The van der Waals surface area contributed by atoms with Gasteiger partial charge in [0.25, 0.3) is 0 Å². The van der Waals surface area contributed by atoms with Crippen molar-refractivity contribution in [3.8, 4) is 6.07 Å². The number of nitrogens with zero attached hydrogens (tertiary/aromatic N) is 3. The van der Waals surface area contributed by atoms with Gasteiger partial charge in [-0.15, -0.1) is 0 Å². The van der Waals surface area contributed by atoms with Crippen molar-refractivity contribution in [2.75, 3.05) is 6.54 Å². The number of carbonyl (C=O) groups excluding carboxylic acids is 2. The molecule has 1 saturated heterocycles. The highest BCUT2D eigenvalue weighted by Gasteiger charge is 2.40. The number of hydrogen-bond donors (Lipinski definition) is 1. The molecule has 19 heavy (non-hydrogen) atoms. The van der Waals surface area contributed by atoms with E-state index in [0.717, 1.165) is 0 Å². The molecule has 1 aliphatic heterocycles. The first-order chi connectivity index (χ1) is 8.95. The van der Waals surface area contributed by atoms with Gasteiger partial charge in [0.05, 0.1) is 12.1 Å². The van der Waals surface area contributed by atoms with Gasteiger partial charge in [-0.3, -0.25) is 19.8 Å². The molecule has 1 aromatic rings. The molecule has 0 aliphatic carbocycles. The Balaban J connectivity index is 2.29. The summed E-state index contributed by atoms with van der Waals surface area (Å²) in [6.07, 6.45) is 1.54. The average molecular weight is 258 g/mol. The first-order valence-electron chi connectivity index (χ1n) is 5.88. The second-order valence-electron chi connectivity index (χ2n) is 4.92. The van der Waals surface area contributed by atoms with E-state index in [1.165, 1.54) is 0 Å². The molecule has 0 spiro atoms. The number of nitriles is 1. The molecule has 1 fully saturated rings. The zero-order chi connectivity index (χ0) is 14.0. The minimum absolute atomic E-state index is 0.124. The van der Waals surface area contributed by atoms with Crippen LogP contribution in [0.1, 0.15) is 25.1 Å². The van der Waals surface area contributed by atoms with E-state index >= 15 is 0 Å². The Morgan fingerprint density at radius 1 is 1.53 bits per heavy atom. The number of amides is 2. The van der Waals surface area contributed by atoms with E-state index in [4.69, 9.17) is 5.26 Å². The molecule has 1 aromatic heterocycles. The molecule has 0 unspecified atom stereocenters. The maximum absolute atomic E-state index is 11.8. The normalized spacial score (nSPS) is 18.8. The fourth-order valence-electron chi connectivity index (χ4n) is 1.96. The predicted molar refractivity (Wildman–Crippen MR) is 66.6 cm³/mol. The van der Waals surface area contributed by atoms with Crippen molar-refractivity contribution in [3.05, 3.63) is 29.6 Å². The molecule has 2 amide bonds. The molecule has 0 atom stereocenters. The minimum atomic E-state index is -0.795. The largest absolute Gasteiger partial charge is 0.294 e. The molecule has 0 aromatic carbocycles. The molecule has 98 valence electrons. The standard InChI is InChI=1S/C13H14N4O2/c1-13(2)12(19)16-11(18)8-17(13)7-9-4-3-5-15-10(9)6-14/h3-5H,7-8H2,1-2H3,(H,16,18,19). The van der Waals surface area contributed by atoms with Gasteiger partial charge in [-0.05, 0) is 19.9 Å². The summed E-state index contributed by atoms with van der Waals surface area (Å²) in [5.74, 6) is -0.655. The average Bonchev–Trinajstić information content (AvgIpc) is 2.36. The van der Waals surface area contributed by atoms with Crippen LogP contribution in [0.5, 0.6) is 0 Å². The summed E-state index contributed by atoms with van der Waals surface area (Å²) in [4.78, 5) is 29.0. The van der Waals surface area contributed by atoms with Crippen LogP contribution in [0.15, 0.2) is 18.3 Å². The van der Waals surface area contributed by atoms with Gasteiger partial charge in [-0.1, -0.05) is 6.07 Å². The van der Waals surface area contributed by atoms with Gasteiger partial charge in [-0.2, -0.15) is 5.26 Å². The van der Waals surface area contributed by atoms with Crippen LogP contribution in [0, 0.1) is 11.3 Å². The Morgan fingerprint density at radius 3 is 2.95 bits per heavy atom. The van der Waals surface area contributed by atoms with E-state index in [-0.39, 0.29) is 18.4 Å². The number of piperazine rings is 1. The third kappa shape index (κ3) is 2.46. The molecule has 0 bridgehead atoms. The zero-order valence-electron chi connectivity index (χ0n) is 10.8. The van der Waals surface area contributed by atoms with Crippen LogP contribution in [-0.2, 0) is 16.1 Å². The zero-order valence-corrected chi connectivity index (χ0v) is 10.8. The molecule has 0 saturated carbocycles. The monoisotopic (exact) mass is 258 g/mol. The van der Waals surface area contributed by atoms with E-state index in [1.807, 2.05) is 6.07 Å². The quantitative estimate of drug-likeness (QED) is 0.765. The molecule has 1 aliphatic rings. The lowest BCUT2D eigenvalue weighted by molar-refractivity contribution is -0.145. The maximum atomic E-state index is 11.8. The summed E-state index contributed by atoms with van der Waals surface area (Å²) in [5, 5.41) is 11.3. The fourth-order valence-corrected chi connectivity index (χ4v) is 1.96. The summed E-state index contributed by atoms with van der Waals surface area (Å²) in [6.45, 7) is 3.95. The lowest BCUT2D eigenvalue weighted by Gasteiger charge is -2.40. The van der Waals surface area contributed by atoms with Gasteiger partial charge in [0.15, 0.2) is 0 Å². The molecule has 2 heterocycles. The van der Waals surface area contributed by atoms with Crippen LogP contribution < -0.4 is 5.32 Å². The molecule has 6 heteroatoms. The molecule has 0 radical (unpaired) electrons. The second kappa shape index (κ2) is 4.78. The van der Waals surface area contributed by atoms with E-state index in [0.29, 0.717) is 17.8 Å². The first kappa shape index (κ1) is 13.2. The summed E-state index contributed by atoms with van der Waals surface area (Å²) in [5.41, 5.74) is 0.230.